The van der Waals surface area contributed by atoms with Gasteiger partial charge in [-0.25, -0.2) is 13.6 Å². The van der Waals surface area contributed by atoms with Crippen LogP contribution < -0.4 is 10.6 Å². The molecule has 172 valence electrons. The lowest BCUT2D eigenvalue weighted by molar-refractivity contribution is -0.141. The highest BCUT2D eigenvalue weighted by Crippen LogP contribution is 2.54. The van der Waals surface area contributed by atoms with E-state index in [0.717, 1.165) is 28.3 Å². The molecule has 0 bridgehead atoms. The van der Waals surface area contributed by atoms with Crippen molar-refractivity contribution in [2.45, 2.75) is 11.8 Å². The molecule has 2 amide bonds. The minimum atomic E-state index is -3.31. The van der Waals surface area contributed by atoms with Crippen LogP contribution in [0.1, 0.15) is 17.0 Å². The minimum absolute atomic E-state index is 0.00142. The predicted octanol–water partition coefficient (Wildman–Crippen LogP) is 3.16. The molecule has 4 rings (SSSR count). The Bertz CT molecular complexity index is 1070. The zero-order valence-electron chi connectivity index (χ0n) is 17.5. The van der Waals surface area contributed by atoms with Crippen LogP contribution in [0.15, 0.2) is 60.7 Å². The summed E-state index contributed by atoms with van der Waals surface area (Å²) in [5.41, 5.74) is 4.42. The summed E-state index contributed by atoms with van der Waals surface area (Å²) >= 11 is 0. The monoisotopic (exact) mass is 456 g/mol. The van der Waals surface area contributed by atoms with E-state index in [2.05, 4.69) is 10.6 Å². The van der Waals surface area contributed by atoms with Crippen molar-refractivity contribution < 1.29 is 33.0 Å². The van der Waals surface area contributed by atoms with Gasteiger partial charge in [-0.15, -0.1) is 0 Å². The van der Waals surface area contributed by atoms with E-state index in [1.165, 1.54) is 6.08 Å². The Labute approximate surface area is 188 Å². The highest BCUT2D eigenvalue weighted by atomic mass is 19.3. The van der Waals surface area contributed by atoms with Gasteiger partial charge in [0.2, 0.25) is 5.91 Å². The lowest BCUT2D eigenvalue weighted by atomic mass is 9.98. The number of fused-ring (bicyclic) bond motifs is 3. The smallest absolute Gasteiger partial charge is 0.407 e. The molecule has 2 atom stereocenters. The Kier molecular flexibility index (Phi) is 6.13. The van der Waals surface area contributed by atoms with Crippen molar-refractivity contribution in [2.24, 2.45) is 11.8 Å². The third-order valence-corrected chi connectivity index (χ3v) is 5.94. The second-order valence-corrected chi connectivity index (χ2v) is 7.95. The van der Waals surface area contributed by atoms with Crippen LogP contribution in [0, 0.1) is 11.8 Å². The van der Waals surface area contributed by atoms with Gasteiger partial charge in [-0.3, -0.25) is 9.59 Å². The van der Waals surface area contributed by atoms with Gasteiger partial charge in [-0.05, 0) is 22.3 Å². The molecule has 1 saturated carbocycles. The summed E-state index contributed by atoms with van der Waals surface area (Å²) in [6.45, 7) is -0.279. The number of alkyl carbamates (subject to hydrolysis) is 1. The number of alkyl halides is 2. The molecule has 3 N–H and O–H groups in total. The number of carbonyl (C=O) groups is 3. The van der Waals surface area contributed by atoms with Gasteiger partial charge >= 0.3 is 12.1 Å². The molecule has 0 heterocycles. The summed E-state index contributed by atoms with van der Waals surface area (Å²) in [5.74, 6) is -8.80. The number of aliphatic carboxylic acids is 1. The summed E-state index contributed by atoms with van der Waals surface area (Å²) in [6.07, 6.45) is 1.78. The SMILES string of the molecule is O=C(/C=C/CNC(=O)OCC1c2ccccc2-c2ccccc21)NC[C@H]1[C@@H](C(=O)O)C1(F)F. The summed E-state index contributed by atoms with van der Waals surface area (Å²) < 4.78 is 32.0. The lowest BCUT2D eigenvalue weighted by Gasteiger charge is -2.14. The van der Waals surface area contributed by atoms with Crippen molar-refractivity contribution in [3.8, 4) is 11.1 Å². The molecule has 0 aliphatic heterocycles. The molecule has 0 radical (unpaired) electrons. The quantitative estimate of drug-likeness (QED) is 0.530. The van der Waals surface area contributed by atoms with Crippen molar-refractivity contribution in [2.75, 3.05) is 19.7 Å². The van der Waals surface area contributed by atoms with Gasteiger partial charge in [-0.1, -0.05) is 54.6 Å². The highest BCUT2D eigenvalue weighted by Gasteiger charge is 2.72. The molecule has 2 aromatic carbocycles. The van der Waals surface area contributed by atoms with Crippen molar-refractivity contribution in [3.05, 3.63) is 71.8 Å². The average Bonchev–Trinajstić information content (AvgIpc) is 3.21. The van der Waals surface area contributed by atoms with Crippen LogP contribution in [0.25, 0.3) is 11.1 Å². The zero-order valence-corrected chi connectivity index (χ0v) is 17.5. The van der Waals surface area contributed by atoms with Gasteiger partial charge < -0.3 is 20.5 Å². The van der Waals surface area contributed by atoms with Gasteiger partial charge in [0.05, 0.1) is 5.92 Å². The second-order valence-electron chi connectivity index (χ2n) is 7.95. The van der Waals surface area contributed by atoms with E-state index in [4.69, 9.17) is 9.84 Å². The van der Waals surface area contributed by atoms with Crippen molar-refractivity contribution in [3.63, 3.8) is 0 Å². The van der Waals surface area contributed by atoms with Crippen LogP contribution in [0.2, 0.25) is 0 Å². The number of benzene rings is 2. The fourth-order valence-electron chi connectivity index (χ4n) is 4.21. The third-order valence-electron chi connectivity index (χ3n) is 5.94. The highest BCUT2D eigenvalue weighted by molar-refractivity contribution is 5.87. The lowest BCUT2D eigenvalue weighted by Crippen LogP contribution is -2.27. The minimum Gasteiger partial charge on any atom is -0.481 e. The normalized spacial score (nSPS) is 20.1. The zero-order chi connectivity index (χ0) is 23.6. The van der Waals surface area contributed by atoms with Crippen molar-refractivity contribution >= 4 is 18.0 Å². The first-order valence-corrected chi connectivity index (χ1v) is 10.4. The second kappa shape index (κ2) is 9.01. The molecule has 0 spiro atoms. The van der Waals surface area contributed by atoms with Crippen molar-refractivity contribution in [1.82, 2.24) is 10.6 Å². The number of nitrogens with one attached hydrogen (secondary N) is 2. The molecule has 0 saturated heterocycles. The number of carboxylic acids is 1. The fraction of sp³-hybridized carbons (Fsp3) is 0.292. The maximum absolute atomic E-state index is 13.3. The first-order valence-electron chi connectivity index (χ1n) is 10.4. The number of carboxylic acid groups (broad SMARTS) is 1. The summed E-state index contributed by atoms with van der Waals surface area (Å²) in [7, 11) is 0. The average molecular weight is 456 g/mol. The number of halogens is 2. The molecular formula is C24H22F2N2O5. The van der Waals surface area contributed by atoms with E-state index < -0.39 is 42.3 Å². The van der Waals surface area contributed by atoms with Crippen LogP contribution in [0.4, 0.5) is 13.6 Å². The first kappa shape index (κ1) is 22.4. The summed E-state index contributed by atoms with van der Waals surface area (Å²) in [6, 6.07) is 15.9. The van der Waals surface area contributed by atoms with E-state index in [9.17, 15) is 23.2 Å². The van der Waals surface area contributed by atoms with E-state index in [0.29, 0.717) is 0 Å². The molecule has 33 heavy (non-hydrogen) atoms. The molecular weight excluding hydrogens is 434 g/mol. The van der Waals surface area contributed by atoms with Gasteiger partial charge in [0.1, 0.15) is 12.5 Å². The van der Waals surface area contributed by atoms with Gasteiger partial charge in [0.15, 0.2) is 0 Å². The number of amides is 2. The van der Waals surface area contributed by atoms with Crippen LogP contribution in [0.5, 0.6) is 0 Å². The fourth-order valence-corrected chi connectivity index (χ4v) is 4.21. The molecule has 2 aliphatic carbocycles. The van der Waals surface area contributed by atoms with Crippen LogP contribution in [0.3, 0.4) is 0 Å². The topological polar surface area (TPSA) is 105 Å². The van der Waals surface area contributed by atoms with Gasteiger partial charge in [0.25, 0.3) is 5.92 Å². The maximum atomic E-state index is 13.3. The standard InChI is InChI=1S/C24H22F2N2O5/c25-24(26)19(21(24)22(30)31)12-28-20(29)10-5-11-27-23(32)33-13-18-16-8-3-1-6-14(16)15-7-2-4-9-17(15)18/h1-10,18-19,21H,11-13H2,(H,27,32)(H,28,29)(H,30,31)/b10-5+/t19-,21-/m0/s1. The number of rotatable bonds is 8. The van der Waals surface area contributed by atoms with Gasteiger partial charge in [-0.2, -0.15) is 0 Å². The molecule has 1 fully saturated rings. The van der Waals surface area contributed by atoms with Gasteiger partial charge in [0, 0.05) is 25.1 Å². The van der Waals surface area contributed by atoms with E-state index in [1.54, 1.807) is 0 Å². The number of hydrogen-bond acceptors (Lipinski definition) is 4. The predicted molar refractivity (Wildman–Crippen MR) is 115 cm³/mol. The number of hydrogen-bond donors (Lipinski definition) is 3. The molecule has 0 unspecified atom stereocenters. The molecule has 2 aromatic rings. The number of ether oxygens (including phenoxy) is 1. The van der Waals surface area contributed by atoms with E-state index in [1.807, 2.05) is 48.5 Å². The Morgan fingerprint density at radius 2 is 1.61 bits per heavy atom. The Hall–Kier alpha value is -3.75. The summed E-state index contributed by atoms with van der Waals surface area (Å²) in [4.78, 5) is 34.5. The van der Waals surface area contributed by atoms with E-state index in [-0.39, 0.29) is 19.1 Å². The van der Waals surface area contributed by atoms with Crippen LogP contribution in [-0.2, 0) is 14.3 Å². The Morgan fingerprint density at radius 1 is 1.00 bits per heavy atom. The molecule has 0 aromatic heterocycles. The maximum Gasteiger partial charge on any atom is 0.407 e. The first-order chi connectivity index (χ1) is 15.8. The Balaban J connectivity index is 1.20. The number of carbonyl (C=O) groups excluding carboxylic acids is 2. The third kappa shape index (κ3) is 4.57. The van der Waals surface area contributed by atoms with Crippen molar-refractivity contribution in [1.29, 1.82) is 0 Å². The largest absolute Gasteiger partial charge is 0.481 e. The van der Waals surface area contributed by atoms with E-state index >= 15 is 0 Å². The van der Waals surface area contributed by atoms with Crippen LogP contribution >= 0.6 is 0 Å². The molecule has 2 aliphatic rings. The van der Waals surface area contributed by atoms with Crippen LogP contribution in [-0.4, -0.2) is 48.7 Å². The molecule has 7 nitrogen and oxygen atoms in total. The summed E-state index contributed by atoms with van der Waals surface area (Å²) in [5, 5.41) is 13.4. The molecule has 9 heteroatoms. The Morgan fingerprint density at radius 3 is 2.18 bits per heavy atom.